The molecule has 0 aromatic rings. The van der Waals surface area contributed by atoms with E-state index in [4.69, 9.17) is 9.84 Å². The van der Waals surface area contributed by atoms with Gasteiger partial charge in [0.1, 0.15) is 5.41 Å². The van der Waals surface area contributed by atoms with Gasteiger partial charge < -0.3 is 25.2 Å². The molecule has 2 amide bonds. The Morgan fingerprint density at radius 1 is 1.45 bits per heavy atom. The quantitative estimate of drug-likeness (QED) is 0.625. The minimum atomic E-state index is -1.11. The molecule has 2 unspecified atom stereocenters. The molecule has 20 heavy (non-hydrogen) atoms. The average molecular weight is 288 g/mol. The summed E-state index contributed by atoms with van der Waals surface area (Å²) in [7, 11) is 0. The molecule has 1 fully saturated rings. The summed E-state index contributed by atoms with van der Waals surface area (Å²) in [5.74, 6) is -0.984. The number of carboxylic acids is 1. The van der Waals surface area contributed by atoms with E-state index in [-0.39, 0.29) is 32.4 Å². The van der Waals surface area contributed by atoms with Crippen LogP contribution < -0.4 is 5.32 Å². The van der Waals surface area contributed by atoms with E-state index in [0.717, 1.165) is 12.8 Å². The molecule has 0 spiro atoms. The van der Waals surface area contributed by atoms with Crippen LogP contribution >= 0.6 is 0 Å². The van der Waals surface area contributed by atoms with Gasteiger partial charge in [-0.25, -0.2) is 4.79 Å². The Balaban J connectivity index is 2.64. The molecule has 0 radical (unpaired) electrons. The van der Waals surface area contributed by atoms with Crippen molar-refractivity contribution in [1.82, 2.24) is 10.2 Å². The topological polar surface area (TPSA) is 99.1 Å². The summed E-state index contributed by atoms with van der Waals surface area (Å²) in [4.78, 5) is 25.0. The summed E-state index contributed by atoms with van der Waals surface area (Å²) in [6.07, 6.45) is 1.78. The van der Waals surface area contributed by atoms with Gasteiger partial charge in [-0.05, 0) is 13.3 Å². The number of carbonyl (C=O) groups is 2. The normalized spacial score (nSPS) is 25.4. The number of unbranched alkanes of at least 4 members (excludes halogenated alkanes) is 1. The third kappa shape index (κ3) is 3.83. The maximum Gasteiger partial charge on any atom is 0.317 e. The van der Waals surface area contributed by atoms with Gasteiger partial charge in [0.05, 0.1) is 25.9 Å². The summed E-state index contributed by atoms with van der Waals surface area (Å²) in [6, 6.07) is -0.911. The first-order valence-electron chi connectivity index (χ1n) is 6.93. The smallest absolute Gasteiger partial charge is 0.317 e. The number of carbonyl (C=O) groups excluding carboxylic acids is 1. The van der Waals surface area contributed by atoms with Crippen molar-refractivity contribution in [2.24, 2.45) is 5.41 Å². The maximum absolute atomic E-state index is 12.2. The average Bonchev–Trinajstić information content (AvgIpc) is 2.77. The fraction of sp³-hybridized carbons (Fsp3) is 0.846. The number of aliphatic carboxylic acids is 1. The molecule has 0 saturated carbocycles. The zero-order valence-electron chi connectivity index (χ0n) is 12.1. The van der Waals surface area contributed by atoms with E-state index in [1.54, 1.807) is 6.92 Å². The number of aliphatic hydroxyl groups excluding tert-OH is 1. The molecule has 2 atom stereocenters. The van der Waals surface area contributed by atoms with Crippen LogP contribution in [0, 0.1) is 5.41 Å². The van der Waals surface area contributed by atoms with Crippen molar-refractivity contribution in [3.8, 4) is 0 Å². The molecule has 0 bridgehead atoms. The first kappa shape index (κ1) is 16.7. The molecule has 1 heterocycles. The van der Waals surface area contributed by atoms with Crippen molar-refractivity contribution in [2.75, 3.05) is 32.9 Å². The zero-order chi connectivity index (χ0) is 15.2. The third-order valence-electron chi connectivity index (χ3n) is 3.68. The highest BCUT2D eigenvalue weighted by atomic mass is 16.5. The van der Waals surface area contributed by atoms with Crippen LogP contribution in [0.5, 0.6) is 0 Å². The minimum Gasteiger partial charge on any atom is -0.481 e. The lowest BCUT2D eigenvalue weighted by atomic mass is 9.85. The first-order chi connectivity index (χ1) is 9.45. The van der Waals surface area contributed by atoms with Gasteiger partial charge in [0.25, 0.3) is 0 Å². The van der Waals surface area contributed by atoms with Crippen molar-refractivity contribution < 1.29 is 24.5 Å². The predicted molar refractivity (Wildman–Crippen MR) is 72.4 cm³/mol. The number of hydrogen-bond donors (Lipinski definition) is 3. The Kier molecular flexibility index (Phi) is 6.22. The van der Waals surface area contributed by atoms with Gasteiger partial charge in [-0.2, -0.15) is 0 Å². The molecule has 1 aliphatic heterocycles. The number of rotatable bonds is 7. The molecule has 0 aromatic heterocycles. The van der Waals surface area contributed by atoms with E-state index in [9.17, 15) is 14.7 Å². The van der Waals surface area contributed by atoms with Crippen LogP contribution in [-0.4, -0.2) is 66.1 Å². The minimum absolute atomic E-state index is 0.0856. The maximum atomic E-state index is 12.2. The van der Waals surface area contributed by atoms with Crippen LogP contribution in [0.3, 0.4) is 0 Å². The van der Waals surface area contributed by atoms with Crippen molar-refractivity contribution in [1.29, 1.82) is 0 Å². The predicted octanol–water partition coefficient (Wildman–Crippen LogP) is 0.280. The Morgan fingerprint density at radius 3 is 2.70 bits per heavy atom. The van der Waals surface area contributed by atoms with Gasteiger partial charge in [0, 0.05) is 13.1 Å². The van der Waals surface area contributed by atoms with Gasteiger partial charge in [-0.1, -0.05) is 13.3 Å². The second-order valence-corrected chi connectivity index (χ2v) is 5.30. The SMILES string of the molecule is CCCCN(CCO)C(=O)NC1COCC1(C)C(=O)O. The molecule has 7 heteroatoms. The number of nitrogens with zero attached hydrogens (tertiary/aromatic N) is 1. The van der Waals surface area contributed by atoms with Crippen LogP contribution in [0.2, 0.25) is 0 Å². The van der Waals surface area contributed by atoms with E-state index < -0.39 is 17.4 Å². The van der Waals surface area contributed by atoms with Crippen LogP contribution in [0.25, 0.3) is 0 Å². The van der Waals surface area contributed by atoms with Crippen LogP contribution in [-0.2, 0) is 9.53 Å². The van der Waals surface area contributed by atoms with Gasteiger partial charge >= 0.3 is 12.0 Å². The lowest BCUT2D eigenvalue weighted by Gasteiger charge is -2.29. The molecule has 1 rings (SSSR count). The highest BCUT2D eigenvalue weighted by Crippen LogP contribution is 2.28. The van der Waals surface area contributed by atoms with Gasteiger partial charge in [0.15, 0.2) is 0 Å². The monoisotopic (exact) mass is 288 g/mol. The molecular formula is C13H24N2O5. The Morgan fingerprint density at radius 2 is 2.15 bits per heavy atom. The molecule has 1 aliphatic rings. The lowest BCUT2D eigenvalue weighted by molar-refractivity contribution is -0.148. The van der Waals surface area contributed by atoms with Crippen molar-refractivity contribution in [2.45, 2.75) is 32.7 Å². The Labute approximate surface area is 118 Å². The highest BCUT2D eigenvalue weighted by molar-refractivity contribution is 5.79. The van der Waals surface area contributed by atoms with Gasteiger partial charge in [-0.3, -0.25) is 4.79 Å². The summed E-state index contributed by atoms with van der Waals surface area (Å²) >= 11 is 0. The molecule has 7 nitrogen and oxygen atoms in total. The molecule has 0 aliphatic carbocycles. The van der Waals surface area contributed by atoms with Gasteiger partial charge in [-0.15, -0.1) is 0 Å². The number of carboxylic acid groups (broad SMARTS) is 1. The largest absolute Gasteiger partial charge is 0.481 e. The standard InChI is InChI=1S/C13H24N2O5/c1-3-4-5-15(6-7-16)12(19)14-10-8-20-9-13(10,2)11(17)18/h10,16H,3-9H2,1-2H3,(H,14,19)(H,17,18). The lowest BCUT2D eigenvalue weighted by Crippen LogP contribution is -2.53. The fourth-order valence-corrected chi connectivity index (χ4v) is 2.11. The van der Waals surface area contributed by atoms with E-state index in [1.807, 2.05) is 6.92 Å². The molecular weight excluding hydrogens is 264 g/mol. The molecule has 0 aromatic carbocycles. The van der Waals surface area contributed by atoms with Crippen LogP contribution in [0.4, 0.5) is 4.79 Å². The summed E-state index contributed by atoms with van der Waals surface area (Å²) < 4.78 is 5.19. The second kappa shape index (κ2) is 7.44. The number of hydrogen-bond acceptors (Lipinski definition) is 4. The summed E-state index contributed by atoms with van der Waals surface area (Å²) in [6.45, 7) is 4.52. The van der Waals surface area contributed by atoms with Crippen molar-refractivity contribution >= 4 is 12.0 Å². The number of aliphatic hydroxyl groups is 1. The summed E-state index contributed by atoms with van der Waals surface area (Å²) in [5.41, 5.74) is -1.11. The second-order valence-electron chi connectivity index (χ2n) is 5.30. The Hall–Kier alpha value is -1.34. The fourth-order valence-electron chi connectivity index (χ4n) is 2.11. The summed E-state index contributed by atoms with van der Waals surface area (Å²) in [5, 5.41) is 21.0. The number of ether oxygens (including phenoxy) is 1. The highest BCUT2D eigenvalue weighted by Gasteiger charge is 2.47. The first-order valence-corrected chi connectivity index (χ1v) is 6.93. The number of urea groups is 1. The Bertz CT molecular complexity index is 350. The molecule has 3 N–H and O–H groups in total. The van der Waals surface area contributed by atoms with Crippen LogP contribution in [0.15, 0.2) is 0 Å². The van der Waals surface area contributed by atoms with Crippen LogP contribution in [0.1, 0.15) is 26.7 Å². The number of amides is 2. The van der Waals surface area contributed by atoms with E-state index in [0.29, 0.717) is 6.54 Å². The third-order valence-corrected chi connectivity index (χ3v) is 3.68. The van der Waals surface area contributed by atoms with Gasteiger partial charge in [0.2, 0.25) is 0 Å². The number of nitrogens with one attached hydrogen (secondary N) is 1. The van der Waals surface area contributed by atoms with E-state index in [2.05, 4.69) is 5.32 Å². The molecule has 1 saturated heterocycles. The van der Waals surface area contributed by atoms with E-state index >= 15 is 0 Å². The van der Waals surface area contributed by atoms with E-state index in [1.165, 1.54) is 4.90 Å². The van der Waals surface area contributed by atoms with Crippen molar-refractivity contribution in [3.63, 3.8) is 0 Å². The molecule has 116 valence electrons. The zero-order valence-corrected chi connectivity index (χ0v) is 12.1. The van der Waals surface area contributed by atoms with Crippen molar-refractivity contribution in [3.05, 3.63) is 0 Å².